The molecule has 1 unspecified atom stereocenters. The topological polar surface area (TPSA) is 58.4 Å². The van der Waals surface area contributed by atoms with E-state index >= 15 is 0 Å². The second-order valence-corrected chi connectivity index (χ2v) is 3.07. The maximum Gasteiger partial charge on any atom is 0.237 e. The van der Waals surface area contributed by atoms with Gasteiger partial charge >= 0.3 is 0 Å². The van der Waals surface area contributed by atoms with Crippen LogP contribution in [0.3, 0.4) is 0 Å². The molecule has 3 N–H and O–H groups in total. The summed E-state index contributed by atoms with van der Waals surface area (Å²) in [5.41, 5.74) is 8.07. The average molecular weight is 173 g/mol. The highest BCUT2D eigenvalue weighted by molar-refractivity contribution is 8.00. The van der Waals surface area contributed by atoms with Crippen LogP contribution in [0.4, 0.5) is 0 Å². The molecule has 1 aliphatic heterocycles. The lowest BCUT2D eigenvalue weighted by Gasteiger charge is -2.21. The molecule has 1 aliphatic rings. The fraction of sp³-hybridized carbons (Fsp3) is 0.500. The SMILES string of the molecule is CCC(C(N)=O)N1NC=CS1. The quantitative estimate of drug-likeness (QED) is 0.598. The minimum atomic E-state index is -0.295. The Bertz CT molecular complexity index is 175. The van der Waals surface area contributed by atoms with Gasteiger partial charge in [0, 0.05) is 11.6 Å². The van der Waals surface area contributed by atoms with E-state index in [1.54, 1.807) is 10.6 Å². The summed E-state index contributed by atoms with van der Waals surface area (Å²) < 4.78 is 1.74. The number of rotatable bonds is 3. The maximum absolute atomic E-state index is 10.8. The first-order valence-electron chi connectivity index (χ1n) is 3.42. The number of nitrogens with zero attached hydrogens (tertiary/aromatic N) is 1. The number of amides is 1. The van der Waals surface area contributed by atoms with Crippen molar-refractivity contribution in [3.63, 3.8) is 0 Å². The van der Waals surface area contributed by atoms with Crippen LogP contribution in [0.1, 0.15) is 13.3 Å². The number of hydrogen-bond acceptors (Lipinski definition) is 4. The summed E-state index contributed by atoms with van der Waals surface area (Å²) in [6, 6.07) is -0.227. The van der Waals surface area contributed by atoms with E-state index in [0.29, 0.717) is 0 Å². The Hall–Kier alpha value is -0.680. The first-order chi connectivity index (χ1) is 5.25. The van der Waals surface area contributed by atoms with Gasteiger partial charge in [0.2, 0.25) is 5.91 Å². The molecule has 0 bridgehead atoms. The summed E-state index contributed by atoms with van der Waals surface area (Å²) in [6.45, 7) is 1.93. The van der Waals surface area contributed by atoms with Crippen molar-refractivity contribution in [1.29, 1.82) is 0 Å². The Morgan fingerprint density at radius 2 is 2.64 bits per heavy atom. The molecule has 0 aliphatic carbocycles. The lowest BCUT2D eigenvalue weighted by Crippen LogP contribution is -2.43. The lowest BCUT2D eigenvalue weighted by molar-refractivity contribution is -0.122. The summed E-state index contributed by atoms with van der Waals surface area (Å²) in [6.07, 6.45) is 2.49. The Kier molecular flexibility index (Phi) is 2.78. The predicted octanol–water partition coefficient (Wildman–Crippen LogP) is 0.190. The van der Waals surface area contributed by atoms with E-state index in [1.807, 2.05) is 12.3 Å². The van der Waals surface area contributed by atoms with E-state index in [9.17, 15) is 4.79 Å². The van der Waals surface area contributed by atoms with Crippen molar-refractivity contribution in [2.24, 2.45) is 5.73 Å². The van der Waals surface area contributed by atoms with Gasteiger partial charge in [0.1, 0.15) is 6.04 Å². The molecule has 4 nitrogen and oxygen atoms in total. The number of carbonyl (C=O) groups excluding carboxylic acids is 1. The fourth-order valence-corrected chi connectivity index (χ4v) is 1.65. The van der Waals surface area contributed by atoms with Gasteiger partial charge in [0.05, 0.1) is 0 Å². The number of nitrogens with two attached hydrogens (primary N) is 1. The number of primary amides is 1. The van der Waals surface area contributed by atoms with Gasteiger partial charge in [-0.15, -0.1) is 0 Å². The van der Waals surface area contributed by atoms with E-state index < -0.39 is 0 Å². The van der Waals surface area contributed by atoms with Crippen molar-refractivity contribution in [3.8, 4) is 0 Å². The van der Waals surface area contributed by atoms with Crippen LogP contribution in [-0.4, -0.2) is 16.4 Å². The predicted molar refractivity (Wildman–Crippen MR) is 45.0 cm³/mol. The van der Waals surface area contributed by atoms with Crippen molar-refractivity contribution < 1.29 is 4.79 Å². The van der Waals surface area contributed by atoms with Crippen LogP contribution >= 0.6 is 11.9 Å². The number of hydrazine groups is 1. The number of nitrogens with one attached hydrogen (secondary N) is 1. The van der Waals surface area contributed by atoms with Crippen molar-refractivity contribution in [1.82, 2.24) is 9.84 Å². The average Bonchev–Trinajstić information content (AvgIpc) is 2.40. The molecule has 0 saturated heterocycles. The van der Waals surface area contributed by atoms with Gasteiger partial charge in [-0.2, -0.15) is 4.41 Å². The third kappa shape index (κ3) is 1.87. The molecule has 0 saturated carbocycles. The molecule has 62 valence electrons. The van der Waals surface area contributed by atoms with Crippen LogP contribution in [0.15, 0.2) is 11.6 Å². The van der Waals surface area contributed by atoms with Gasteiger partial charge in [0.25, 0.3) is 0 Å². The Balaban J connectivity index is 2.48. The highest BCUT2D eigenvalue weighted by Gasteiger charge is 2.23. The summed E-state index contributed by atoms with van der Waals surface area (Å²) in [4.78, 5) is 10.8. The Labute approximate surface area is 69.9 Å². The van der Waals surface area contributed by atoms with E-state index in [1.165, 1.54) is 11.9 Å². The van der Waals surface area contributed by atoms with Crippen molar-refractivity contribution >= 4 is 17.9 Å². The zero-order chi connectivity index (χ0) is 8.27. The molecule has 11 heavy (non-hydrogen) atoms. The van der Waals surface area contributed by atoms with Gasteiger partial charge in [-0.3, -0.25) is 4.79 Å². The molecular formula is C6H11N3OS. The summed E-state index contributed by atoms with van der Waals surface area (Å²) in [7, 11) is 0. The summed E-state index contributed by atoms with van der Waals surface area (Å²) in [5.74, 6) is -0.295. The van der Waals surface area contributed by atoms with E-state index in [4.69, 9.17) is 5.73 Å². The zero-order valence-corrected chi connectivity index (χ0v) is 7.10. The van der Waals surface area contributed by atoms with Gasteiger partial charge in [-0.25, -0.2) is 0 Å². The van der Waals surface area contributed by atoms with Crippen molar-refractivity contribution in [2.75, 3.05) is 0 Å². The summed E-state index contributed by atoms with van der Waals surface area (Å²) >= 11 is 1.44. The van der Waals surface area contributed by atoms with Gasteiger partial charge in [-0.05, 0) is 18.4 Å². The maximum atomic E-state index is 10.8. The summed E-state index contributed by atoms with van der Waals surface area (Å²) in [5, 5.41) is 1.87. The molecule has 1 rings (SSSR count). The smallest absolute Gasteiger partial charge is 0.237 e. The van der Waals surface area contributed by atoms with Crippen LogP contribution in [0.2, 0.25) is 0 Å². The first kappa shape index (κ1) is 8.42. The Morgan fingerprint density at radius 1 is 1.91 bits per heavy atom. The van der Waals surface area contributed by atoms with E-state index in [-0.39, 0.29) is 11.9 Å². The second-order valence-electron chi connectivity index (χ2n) is 2.19. The molecule has 1 heterocycles. The molecule has 5 heteroatoms. The Morgan fingerprint density at radius 3 is 3.00 bits per heavy atom. The third-order valence-corrected chi connectivity index (χ3v) is 2.29. The molecule has 0 fully saturated rings. The van der Waals surface area contributed by atoms with Crippen LogP contribution in [0.25, 0.3) is 0 Å². The highest BCUT2D eigenvalue weighted by atomic mass is 32.2. The molecule has 0 aromatic carbocycles. The van der Waals surface area contributed by atoms with Gasteiger partial charge in [-0.1, -0.05) is 6.92 Å². The second kappa shape index (κ2) is 3.64. The van der Waals surface area contributed by atoms with Gasteiger partial charge in [0.15, 0.2) is 0 Å². The normalized spacial score (nSPS) is 19.7. The molecule has 1 atom stereocenters. The first-order valence-corrected chi connectivity index (χ1v) is 4.26. The minimum Gasteiger partial charge on any atom is -0.368 e. The fourth-order valence-electron chi connectivity index (χ4n) is 0.876. The van der Waals surface area contributed by atoms with E-state index in [2.05, 4.69) is 5.43 Å². The monoisotopic (exact) mass is 173 g/mol. The number of carbonyl (C=O) groups is 1. The standard InChI is InChI=1S/C6H11N3OS/c1-2-5(6(7)10)9-8-3-4-11-9/h3-5,8H,2H2,1H3,(H2,7,10). The third-order valence-electron chi connectivity index (χ3n) is 1.44. The van der Waals surface area contributed by atoms with Gasteiger partial charge < -0.3 is 11.2 Å². The van der Waals surface area contributed by atoms with Crippen LogP contribution in [-0.2, 0) is 4.79 Å². The minimum absolute atomic E-state index is 0.227. The van der Waals surface area contributed by atoms with E-state index in [0.717, 1.165) is 6.42 Å². The molecule has 0 aromatic heterocycles. The highest BCUT2D eigenvalue weighted by Crippen LogP contribution is 2.18. The van der Waals surface area contributed by atoms with Crippen molar-refractivity contribution in [3.05, 3.63) is 11.6 Å². The van der Waals surface area contributed by atoms with Crippen LogP contribution < -0.4 is 11.2 Å². The van der Waals surface area contributed by atoms with Crippen LogP contribution in [0.5, 0.6) is 0 Å². The lowest BCUT2D eigenvalue weighted by atomic mass is 10.2. The molecule has 0 aromatic rings. The van der Waals surface area contributed by atoms with Crippen molar-refractivity contribution in [2.45, 2.75) is 19.4 Å². The molecule has 0 radical (unpaired) electrons. The molecule has 1 amide bonds. The zero-order valence-electron chi connectivity index (χ0n) is 6.28. The molecular weight excluding hydrogens is 162 g/mol. The molecule has 0 spiro atoms. The van der Waals surface area contributed by atoms with Crippen LogP contribution in [0, 0.1) is 0 Å². The largest absolute Gasteiger partial charge is 0.368 e. The number of hydrogen-bond donors (Lipinski definition) is 2.